The zero-order valence-corrected chi connectivity index (χ0v) is 19.6. The van der Waals surface area contributed by atoms with Gasteiger partial charge in [0.15, 0.2) is 0 Å². The van der Waals surface area contributed by atoms with E-state index in [1.54, 1.807) is 24.8 Å². The number of benzene rings is 1. The maximum absolute atomic E-state index is 14.7. The molecule has 1 aromatic heterocycles. The van der Waals surface area contributed by atoms with E-state index in [0.29, 0.717) is 23.2 Å². The lowest BCUT2D eigenvalue weighted by atomic mass is 9.99. The van der Waals surface area contributed by atoms with E-state index in [-0.39, 0.29) is 40.3 Å². The third-order valence-corrected chi connectivity index (χ3v) is 7.45. The fourth-order valence-corrected chi connectivity index (χ4v) is 5.27. The first-order valence-corrected chi connectivity index (χ1v) is 12.0. The van der Waals surface area contributed by atoms with E-state index in [1.807, 2.05) is 0 Å². The number of piperidine rings is 1. The number of aliphatic hydroxyl groups excluding tert-OH is 1. The van der Waals surface area contributed by atoms with Crippen molar-refractivity contribution >= 4 is 23.4 Å². The first-order chi connectivity index (χ1) is 16.2. The van der Waals surface area contributed by atoms with Crippen molar-refractivity contribution in [2.75, 3.05) is 0 Å². The minimum absolute atomic E-state index is 0.00352. The average Bonchev–Trinajstić information content (AvgIpc) is 3.72. The number of pyridine rings is 1. The van der Waals surface area contributed by atoms with Gasteiger partial charge in [-0.3, -0.25) is 14.6 Å². The summed E-state index contributed by atoms with van der Waals surface area (Å²) in [4.78, 5) is 32.8. The second-order valence-corrected chi connectivity index (χ2v) is 10.1. The second-order valence-electron chi connectivity index (χ2n) is 9.73. The minimum Gasteiger partial charge on any atom is -0.389 e. The Morgan fingerprint density at radius 2 is 1.91 bits per heavy atom. The van der Waals surface area contributed by atoms with Crippen LogP contribution in [0.5, 0.6) is 0 Å². The number of aryl methyl sites for hydroxylation is 1. The number of hydrogen-bond acceptors (Lipinski definition) is 4. The van der Waals surface area contributed by atoms with Crippen molar-refractivity contribution in [2.24, 2.45) is 11.8 Å². The molecule has 1 saturated heterocycles. The van der Waals surface area contributed by atoms with Crippen LogP contribution in [0.4, 0.5) is 8.78 Å². The summed E-state index contributed by atoms with van der Waals surface area (Å²) in [6.07, 6.45) is 3.53. The molecule has 0 bridgehead atoms. The molecule has 3 fully saturated rings. The van der Waals surface area contributed by atoms with Crippen LogP contribution >= 0.6 is 11.6 Å². The molecule has 5 atom stereocenters. The van der Waals surface area contributed by atoms with Crippen LogP contribution in [0, 0.1) is 30.4 Å². The van der Waals surface area contributed by atoms with E-state index in [0.717, 1.165) is 31.4 Å². The van der Waals surface area contributed by atoms with Gasteiger partial charge in [0.05, 0.1) is 17.2 Å². The number of nitrogens with one attached hydrogen (secondary N) is 1. The molecule has 180 valence electrons. The highest BCUT2D eigenvalue weighted by Crippen LogP contribution is 2.49. The summed E-state index contributed by atoms with van der Waals surface area (Å²) in [5.74, 6) is -1.87. The minimum atomic E-state index is -0.890. The van der Waals surface area contributed by atoms with E-state index >= 15 is 0 Å². The Hall–Kier alpha value is -2.58. The van der Waals surface area contributed by atoms with Gasteiger partial charge in [0.25, 0.3) is 5.91 Å². The van der Waals surface area contributed by atoms with Gasteiger partial charge in [-0.2, -0.15) is 0 Å². The van der Waals surface area contributed by atoms with E-state index in [4.69, 9.17) is 11.6 Å². The second kappa shape index (κ2) is 8.57. The predicted molar refractivity (Wildman–Crippen MR) is 121 cm³/mol. The molecule has 0 spiro atoms. The number of nitrogens with zero attached hydrogens (tertiary/aromatic N) is 2. The van der Waals surface area contributed by atoms with Crippen molar-refractivity contribution in [1.82, 2.24) is 15.2 Å². The number of halogens is 3. The first kappa shape index (κ1) is 23.2. The van der Waals surface area contributed by atoms with Gasteiger partial charge in [-0.05, 0) is 69.6 Å². The largest absolute Gasteiger partial charge is 0.389 e. The molecule has 2 saturated carbocycles. The Balaban J connectivity index is 1.41. The molecular formula is C25H26ClF2N3O3. The number of fused-ring (bicyclic) bond motifs is 1. The Morgan fingerprint density at radius 1 is 1.18 bits per heavy atom. The smallest absolute Gasteiger partial charge is 0.255 e. The number of aliphatic hydroxyl groups is 1. The lowest BCUT2D eigenvalue weighted by Gasteiger charge is -2.30. The van der Waals surface area contributed by atoms with Crippen LogP contribution in [0.25, 0.3) is 0 Å². The molecule has 0 radical (unpaired) electrons. The summed E-state index contributed by atoms with van der Waals surface area (Å²) in [5.41, 5.74) is 1.44. The van der Waals surface area contributed by atoms with Crippen LogP contribution in [0.1, 0.15) is 71.9 Å². The van der Waals surface area contributed by atoms with Gasteiger partial charge in [-0.25, -0.2) is 8.78 Å². The zero-order valence-electron chi connectivity index (χ0n) is 18.9. The van der Waals surface area contributed by atoms with Crippen molar-refractivity contribution < 1.29 is 23.5 Å². The highest BCUT2D eigenvalue weighted by atomic mass is 35.5. The van der Waals surface area contributed by atoms with Gasteiger partial charge in [0, 0.05) is 34.6 Å². The molecule has 2 aromatic rings. The third-order valence-electron chi connectivity index (χ3n) is 7.16. The molecule has 2 amide bonds. The molecule has 1 unspecified atom stereocenters. The number of rotatable bonds is 6. The number of carbonyl (C=O) groups excluding carboxylic acids is 2. The number of hydrogen-bond donors (Lipinski definition) is 2. The number of carbonyl (C=O) groups is 2. The molecule has 1 aromatic carbocycles. The Labute approximate surface area is 201 Å². The van der Waals surface area contributed by atoms with E-state index in [2.05, 4.69) is 10.3 Å². The lowest BCUT2D eigenvalue weighted by Crippen LogP contribution is -2.49. The maximum atomic E-state index is 14.7. The molecule has 2 heterocycles. The fourth-order valence-electron chi connectivity index (χ4n) is 5.12. The predicted octanol–water partition coefficient (Wildman–Crippen LogP) is 4.25. The van der Waals surface area contributed by atoms with Crippen LogP contribution in [-0.4, -0.2) is 38.9 Å². The van der Waals surface area contributed by atoms with Crippen LogP contribution in [0.3, 0.4) is 0 Å². The molecule has 1 aliphatic heterocycles. The molecule has 3 aliphatic rings. The first-order valence-electron chi connectivity index (χ1n) is 11.6. The highest BCUT2D eigenvalue weighted by molar-refractivity contribution is 6.30. The van der Waals surface area contributed by atoms with Gasteiger partial charge >= 0.3 is 0 Å². The van der Waals surface area contributed by atoms with Gasteiger partial charge in [-0.1, -0.05) is 11.6 Å². The maximum Gasteiger partial charge on any atom is 0.255 e. The number of aromatic nitrogens is 1. The SMILES string of the molecule is Cc1cc(C(=O)N2[C@@H](C(=O)N[C@@H](c3cc(F)c(Cl)cc3F)C3CC3)C[C@H]3C[C@H]32)c(C(C)O)cn1. The molecular weight excluding hydrogens is 464 g/mol. The zero-order chi connectivity index (χ0) is 24.3. The van der Waals surface area contributed by atoms with Crippen molar-refractivity contribution in [2.45, 2.75) is 63.8 Å². The van der Waals surface area contributed by atoms with Gasteiger partial charge in [0.1, 0.15) is 17.7 Å². The van der Waals surface area contributed by atoms with Crippen LogP contribution in [0.15, 0.2) is 24.4 Å². The summed E-state index contributed by atoms with van der Waals surface area (Å²) in [5, 5.41) is 12.8. The summed E-state index contributed by atoms with van der Waals surface area (Å²) in [6, 6.07) is 2.16. The molecule has 2 N–H and O–H groups in total. The van der Waals surface area contributed by atoms with Gasteiger partial charge < -0.3 is 15.3 Å². The van der Waals surface area contributed by atoms with E-state index < -0.39 is 29.8 Å². The van der Waals surface area contributed by atoms with Crippen molar-refractivity contribution in [3.05, 3.63) is 63.4 Å². The van der Waals surface area contributed by atoms with Crippen molar-refractivity contribution in [3.63, 3.8) is 0 Å². The van der Waals surface area contributed by atoms with Crippen LogP contribution in [0.2, 0.25) is 5.02 Å². The third kappa shape index (κ3) is 4.18. The number of likely N-dealkylation sites (tertiary alicyclic amines) is 1. The Morgan fingerprint density at radius 3 is 2.59 bits per heavy atom. The van der Waals surface area contributed by atoms with Crippen molar-refractivity contribution in [3.8, 4) is 0 Å². The Kier molecular flexibility index (Phi) is 5.84. The normalized spacial score (nSPS) is 25.0. The van der Waals surface area contributed by atoms with Gasteiger partial charge in [0.2, 0.25) is 5.91 Å². The molecule has 34 heavy (non-hydrogen) atoms. The van der Waals surface area contributed by atoms with Crippen molar-refractivity contribution in [1.29, 1.82) is 0 Å². The van der Waals surface area contributed by atoms with E-state index in [1.165, 1.54) is 6.20 Å². The summed E-state index contributed by atoms with van der Waals surface area (Å²) in [7, 11) is 0. The molecule has 9 heteroatoms. The van der Waals surface area contributed by atoms with E-state index in [9.17, 15) is 23.5 Å². The molecule has 6 nitrogen and oxygen atoms in total. The monoisotopic (exact) mass is 489 g/mol. The highest BCUT2D eigenvalue weighted by Gasteiger charge is 2.56. The summed E-state index contributed by atoms with van der Waals surface area (Å²) >= 11 is 5.71. The summed E-state index contributed by atoms with van der Waals surface area (Å²) < 4.78 is 28.8. The topological polar surface area (TPSA) is 82.5 Å². The molecule has 2 aliphatic carbocycles. The van der Waals surface area contributed by atoms with Gasteiger partial charge in [-0.15, -0.1) is 0 Å². The quantitative estimate of drug-likeness (QED) is 0.594. The standard InChI is InChI=1S/C25H26ClF2N3O3/c1-11-5-15(17(10-29-11)12(2)32)25(34)31-21-6-14(21)7-22(31)24(33)30-23(13-3-4-13)16-8-20(28)18(26)9-19(16)27/h5,8-10,12-14,21-23,32H,3-4,6-7H2,1-2H3,(H,30,33)/t12?,14-,21-,22-,23-/m1/s1. The summed E-state index contributed by atoms with van der Waals surface area (Å²) in [6.45, 7) is 3.33. The van der Waals surface area contributed by atoms with Crippen LogP contribution < -0.4 is 5.32 Å². The Bertz CT molecular complexity index is 1170. The lowest BCUT2D eigenvalue weighted by molar-refractivity contribution is -0.126. The van der Waals surface area contributed by atoms with Crippen LogP contribution in [-0.2, 0) is 4.79 Å². The fraction of sp³-hybridized carbons (Fsp3) is 0.480. The average molecular weight is 490 g/mol. The molecule has 5 rings (SSSR count). The number of amides is 2.